The molecule has 1 aromatic carbocycles. The molecule has 0 saturated carbocycles. The SMILES string of the molecule is Fc1ccc(CNC2CCOCC2)cc1-c1cccs1. The number of nitrogens with one attached hydrogen (secondary N) is 1. The third kappa shape index (κ3) is 3.26. The molecule has 1 aliphatic heterocycles. The Hall–Kier alpha value is -1.23. The molecular formula is C16H18FNOS. The number of ether oxygens (including phenoxy) is 1. The van der Waals surface area contributed by atoms with Gasteiger partial charge in [-0.25, -0.2) is 4.39 Å². The van der Waals surface area contributed by atoms with Crippen molar-refractivity contribution in [2.24, 2.45) is 0 Å². The Balaban J connectivity index is 1.69. The van der Waals surface area contributed by atoms with Gasteiger partial charge in [-0.15, -0.1) is 11.3 Å². The zero-order valence-electron chi connectivity index (χ0n) is 11.3. The number of halogens is 1. The van der Waals surface area contributed by atoms with E-state index in [0.29, 0.717) is 11.6 Å². The summed E-state index contributed by atoms with van der Waals surface area (Å²) < 4.78 is 19.2. The van der Waals surface area contributed by atoms with Crippen molar-refractivity contribution in [3.8, 4) is 10.4 Å². The first kappa shape index (κ1) is 13.7. The Morgan fingerprint density at radius 2 is 2.10 bits per heavy atom. The lowest BCUT2D eigenvalue weighted by molar-refractivity contribution is 0.0776. The van der Waals surface area contributed by atoms with Crippen molar-refractivity contribution in [2.75, 3.05) is 13.2 Å². The summed E-state index contributed by atoms with van der Waals surface area (Å²) in [5, 5.41) is 5.50. The molecule has 2 aromatic rings. The Morgan fingerprint density at radius 3 is 2.85 bits per heavy atom. The summed E-state index contributed by atoms with van der Waals surface area (Å²) in [6.45, 7) is 2.45. The van der Waals surface area contributed by atoms with Crippen LogP contribution in [0.25, 0.3) is 10.4 Å². The molecule has 1 saturated heterocycles. The van der Waals surface area contributed by atoms with Crippen LogP contribution in [0.3, 0.4) is 0 Å². The number of thiophene rings is 1. The molecular weight excluding hydrogens is 273 g/mol. The van der Waals surface area contributed by atoms with Crippen molar-refractivity contribution < 1.29 is 9.13 Å². The minimum atomic E-state index is -0.151. The van der Waals surface area contributed by atoms with E-state index in [4.69, 9.17) is 4.74 Å². The summed E-state index contributed by atoms with van der Waals surface area (Å²) in [6.07, 6.45) is 2.11. The fourth-order valence-corrected chi connectivity index (χ4v) is 3.21. The molecule has 1 aliphatic rings. The van der Waals surface area contributed by atoms with Crippen molar-refractivity contribution >= 4 is 11.3 Å². The molecule has 0 amide bonds. The van der Waals surface area contributed by atoms with E-state index in [1.54, 1.807) is 17.4 Å². The van der Waals surface area contributed by atoms with Gasteiger partial charge in [0.05, 0.1) is 0 Å². The van der Waals surface area contributed by atoms with Gasteiger partial charge in [0, 0.05) is 36.2 Å². The number of benzene rings is 1. The second-order valence-corrected chi connectivity index (χ2v) is 6.01. The quantitative estimate of drug-likeness (QED) is 0.924. The molecule has 0 atom stereocenters. The van der Waals surface area contributed by atoms with Crippen molar-refractivity contribution in [3.05, 3.63) is 47.1 Å². The highest BCUT2D eigenvalue weighted by Crippen LogP contribution is 2.28. The van der Waals surface area contributed by atoms with Crippen LogP contribution in [0.15, 0.2) is 35.7 Å². The molecule has 4 heteroatoms. The molecule has 2 heterocycles. The topological polar surface area (TPSA) is 21.3 Å². The summed E-state index contributed by atoms with van der Waals surface area (Å²) >= 11 is 1.57. The van der Waals surface area contributed by atoms with E-state index in [0.717, 1.165) is 43.0 Å². The molecule has 0 spiro atoms. The Bertz CT molecular complexity index is 550. The predicted molar refractivity (Wildman–Crippen MR) is 80.4 cm³/mol. The molecule has 0 unspecified atom stereocenters. The summed E-state index contributed by atoms with van der Waals surface area (Å²) in [5.41, 5.74) is 1.83. The minimum Gasteiger partial charge on any atom is -0.381 e. The van der Waals surface area contributed by atoms with Gasteiger partial charge in [0.15, 0.2) is 0 Å². The van der Waals surface area contributed by atoms with E-state index in [1.165, 1.54) is 0 Å². The predicted octanol–water partition coefficient (Wildman–Crippen LogP) is 3.82. The molecule has 0 radical (unpaired) electrons. The smallest absolute Gasteiger partial charge is 0.131 e. The van der Waals surface area contributed by atoms with Crippen LogP contribution in [0.2, 0.25) is 0 Å². The zero-order chi connectivity index (χ0) is 13.8. The molecule has 20 heavy (non-hydrogen) atoms. The average molecular weight is 291 g/mol. The minimum absolute atomic E-state index is 0.151. The van der Waals surface area contributed by atoms with Crippen LogP contribution in [0.1, 0.15) is 18.4 Å². The molecule has 3 rings (SSSR count). The van der Waals surface area contributed by atoms with Crippen molar-refractivity contribution in [1.29, 1.82) is 0 Å². The Kier molecular flexibility index (Phi) is 4.45. The largest absolute Gasteiger partial charge is 0.381 e. The maximum atomic E-state index is 13.9. The van der Waals surface area contributed by atoms with Gasteiger partial charge >= 0.3 is 0 Å². The van der Waals surface area contributed by atoms with Crippen LogP contribution in [0, 0.1) is 5.82 Å². The van der Waals surface area contributed by atoms with E-state index in [-0.39, 0.29) is 5.82 Å². The standard InChI is InChI=1S/C16H18FNOS/c17-15-4-3-12(10-14(15)16-2-1-9-20-16)11-18-13-5-7-19-8-6-13/h1-4,9-10,13,18H,5-8,11H2. The monoisotopic (exact) mass is 291 g/mol. The third-order valence-electron chi connectivity index (χ3n) is 3.63. The van der Waals surface area contributed by atoms with E-state index in [2.05, 4.69) is 5.32 Å². The summed E-state index contributed by atoms with van der Waals surface area (Å²) in [6, 6.07) is 9.80. The van der Waals surface area contributed by atoms with Gasteiger partial charge in [0.25, 0.3) is 0 Å². The summed E-state index contributed by atoms with van der Waals surface area (Å²) in [5.74, 6) is -0.151. The van der Waals surface area contributed by atoms with E-state index < -0.39 is 0 Å². The van der Waals surface area contributed by atoms with Crippen LogP contribution in [0.5, 0.6) is 0 Å². The van der Waals surface area contributed by atoms with E-state index in [9.17, 15) is 4.39 Å². The lowest BCUT2D eigenvalue weighted by Gasteiger charge is -2.23. The van der Waals surface area contributed by atoms with E-state index in [1.807, 2.05) is 29.6 Å². The molecule has 1 N–H and O–H groups in total. The number of rotatable bonds is 4. The van der Waals surface area contributed by atoms with Crippen LogP contribution < -0.4 is 5.32 Å². The van der Waals surface area contributed by atoms with Gasteiger partial charge < -0.3 is 10.1 Å². The lowest BCUT2D eigenvalue weighted by atomic mass is 10.1. The Labute approximate surface area is 122 Å². The third-order valence-corrected chi connectivity index (χ3v) is 4.54. The number of hydrogen-bond donors (Lipinski definition) is 1. The van der Waals surface area contributed by atoms with Gasteiger partial charge in [0.2, 0.25) is 0 Å². The van der Waals surface area contributed by atoms with Gasteiger partial charge in [-0.1, -0.05) is 12.1 Å². The van der Waals surface area contributed by atoms with Crippen LogP contribution >= 0.6 is 11.3 Å². The zero-order valence-corrected chi connectivity index (χ0v) is 12.1. The second-order valence-electron chi connectivity index (χ2n) is 5.06. The fraction of sp³-hybridized carbons (Fsp3) is 0.375. The fourth-order valence-electron chi connectivity index (χ4n) is 2.47. The van der Waals surface area contributed by atoms with Crippen LogP contribution in [-0.4, -0.2) is 19.3 Å². The summed E-state index contributed by atoms with van der Waals surface area (Å²) in [7, 11) is 0. The molecule has 0 aliphatic carbocycles. The maximum Gasteiger partial charge on any atom is 0.131 e. The van der Waals surface area contributed by atoms with Gasteiger partial charge in [-0.05, 0) is 42.0 Å². The molecule has 2 nitrogen and oxygen atoms in total. The highest BCUT2D eigenvalue weighted by Gasteiger charge is 2.13. The highest BCUT2D eigenvalue weighted by atomic mass is 32.1. The van der Waals surface area contributed by atoms with Gasteiger partial charge in [0.1, 0.15) is 5.82 Å². The summed E-state index contributed by atoms with van der Waals surface area (Å²) in [4.78, 5) is 0.982. The maximum absolute atomic E-state index is 13.9. The van der Waals surface area contributed by atoms with Crippen LogP contribution in [0.4, 0.5) is 4.39 Å². The first-order valence-electron chi connectivity index (χ1n) is 6.96. The molecule has 0 bridgehead atoms. The lowest BCUT2D eigenvalue weighted by Crippen LogP contribution is -2.34. The molecule has 1 fully saturated rings. The number of hydrogen-bond acceptors (Lipinski definition) is 3. The second kappa shape index (κ2) is 6.48. The van der Waals surface area contributed by atoms with Gasteiger partial charge in [-0.3, -0.25) is 0 Å². The van der Waals surface area contributed by atoms with Crippen molar-refractivity contribution in [1.82, 2.24) is 5.32 Å². The highest BCUT2D eigenvalue weighted by molar-refractivity contribution is 7.13. The first-order valence-corrected chi connectivity index (χ1v) is 7.84. The van der Waals surface area contributed by atoms with Gasteiger partial charge in [-0.2, -0.15) is 0 Å². The van der Waals surface area contributed by atoms with E-state index >= 15 is 0 Å². The van der Waals surface area contributed by atoms with Crippen molar-refractivity contribution in [2.45, 2.75) is 25.4 Å². The van der Waals surface area contributed by atoms with Crippen LogP contribution in [-0.2, 0) is 11.3 Å². The first-order chi connectivity index (χ1) is 9.83. The Morgan fingerprint density at radius 1 is 1.25 bits per heavy atom. The normalized spacial score (nSPS) is 16.4. The molecule has 1 aromatic heterocycles. The average Bonchev–Trinajstić information content (AvgIpc) is 3.01. The molecule has 106 valence electrons. The van der Waals surface area contributed by atoms with Crippen molar-refractivity contribution in [3.63, 3.8) is 0 Å².